The first-order valence-corrected chi connectivity index (χ1v) is 6.35. The second-order valence-corrected chi connectivity index (χ2v) is 4.69. The molecule has 1 atom stereocenters. The van der Waals surface area contributed by atoms with Gasteiger partial charge in [0.15, 0.2) is 0 Å². The van der Waals surface area contributed by atoms with Crippen molar-refractivity contribution in [2.75, 3.05) is 32.9 Å². The fourth-order valence-corrected chi connectivity index (χ4v) is 2.39. The minimum atomic E-state index is 0.484. The molecular formula is C12H23NO2. The van der Waals surface area contributed by atoms with Gasteiger partial charge in [0.25, 0.3) is 0 Å². The van der Waals surface area contributed by atoms with E-state index < -0.39 is 0 Å². The fourth-order valence-electron chi connectivity index (χ4n) is 2.39. The van der Waals surface area contributed by atoms with Crippen molar-refractivity contribution in [2.45, 2.75) is 38.2 Å². The van der Waals surface area contributed by atoms with Crippen LogP contribution in [0.1, 0.15) is 32.1 Å². The van der Waals surface area contributed by atoms with Gasteiger partial charge in [-0.2, -0.15) is 0 Å². The van der Waals surface area contributed by atoms with E-state index in [1.807, 2.05) is 0 Å². The lowest BCUT2D eigenvalue weighted by molar-refractivity contribution is 0.0425. The van der Waals surface area contributed by atoms with E-state index in [4.69, 9.17) is 9.47 Å². The number of nitrogens with one attached hydrogen (secondary N) is 1. The van der Waals surface area contributed by atoms with Crippen molar-refractivity contribution in [2.24, 2.45) is 5.92 Å². The molecule has 2 aliphatic rings. The zero-order valence-corrected chi connectivity index (χ0v) is 9.54. The molecule has 3 nitrogen and oxygen atoms in total. The van der Waals surface area contributed by atoms with Gasteiger partial charge in [-0.25, -0.2) is 0 Å². The van der Waals surface area contributed by atoms with E-state index in [0.29, 0.717) is 6.10 Å². The smallest absolute Gasteiger partial charge is 0.0597 e. The molecule has 2 saturated heterocycles. The van der Waals surface area contributed by atoms with Crippen molar-refractivity contribution in [3.8, 4) is 0 Å². The van der Waals surface area contributed by atoms with Crippen LogP contribution < -0.4 is 5.32 Å². The third-order valence-electron chi connectivity index (χ3n) is 3.42. The van der Waals surface area contributed by atoms with Crippen LogP contribution in [0.5, 0.6) is 0 Å². The molecule has 3 heteroatoms. The van der Waals surface area contributed by atoms with Crippen LogP contribution in [0.25, 0.3) is 0 Å². The molecule has 15 heavy (non-hydrogen) atoms. The molecule has 2 fully saturated rings. The fraction of sp³-hybridized carbons (Fsp3) is 1.00. The Morgan fingerprint density at radius 3 is 2.80 bits per heavy atom. The summed E-state index contributed by atoms with van der Waals surface area (Å²) >= 11 is 0. The Bertz CT molecular complexity index is 163. The molecule has 0 aromatic carbocycles. The molecule has 0 aromatic heterocycles. The molecule has 0 spiro atoms. The van der Waals surface area contributed by atoms with Crippen LogP contribution >= 0.6 is 0 Å². The van der Waals surface area contributed by atoms with Gasteiger partial charge in [-0.15, -0.1) is 0 Å². The van der Waals surface area contributed by atoms with E-state index in [2.05, 4.69) is 5.32 Å². The number of piperidine rings is 1. The summed E-state index contributed by atoms with van der Waals surface area (Å²) in [6.45, 7) is 5.13. The van der Waals surface area contributed by atoms with Crippen LogP contribution in [0, 0.1) is 5.92 Å². The monoisotopic (exact) mass is 213 g/mol. The van der Waals surface area contributed by atoms with Gasteiger partial charge in [-0.05, 0) is 51.1 Å². The largest absolute Gasteiger partial charge is 0.381 e. The molecule has 0 bridgehead atoms. The third-order valence-corrected chi connectivity index (χ3v) is 3.42. The second-order valence-electron chi connectivity index (χ2n) is 4.69. The molecule has 0 amide bonds. The van der Waals surface area contributed by atoms with Gasteiger partial charge in [0.2, 0.25) is 0 Å². The summed E-state index contributed by atoms with van der Waals surface area (Å²) in [5.41, 5.74) is 0. The summed E-state index contributed by atoms with van der Waals surface area (Å²) in [4.78, 5) is 0. The molecule has 2 aliphatic heterocycles. The first kappa shape index (κ1) is 11.4. The first-order chi connectivity index (χ1) is 7.45. The average Bonchev–Trinajstić information content (AvgIpc) is 2.79. The maximum absolute atomic E-state index is 5.73. The minimum absolute atomic E-state index is 0.484. The molecule has 0 aliphatic carbocycles. The van der Waals surface area contributed by atoms with Gasteiger partial charge in [0.1, 0.15) is 0 Å². The standard InChI is InChI=1S/C12H23NO2/c1-2-12(15-8-1)5-9-14-10-11-3-6-13-7-4-11/h11-13H,1-10H2. The number of ether oxygens (including phenoxy) is 2. The molecule has 0 aromatic rings. The van der Waals surface area contributed by atoms with Crippen LogP contribution in [0.2, 0.25) is 0 Å². The zero-order chi connectivity index (χ0) is 10.3. The van der Waals surface area contributed by atoms with Crippen molar-refractivity contribution in [1.82, 2.24) is 5.32 Å². The Balaban J connectivity index is 1.47. The van der Waals surface area contributed by atoms with Crippen molar-refractivity contribution in [3.05, 3.63) is 0 Å². The topological polar surface area (TPSA) is 30.5 Å². The second kappa shape index (κ2) is 6.46. The van der Waals surface area contributed by atoms with Gasteiger partial charge in [0, 0.05) is 19.8 Å². The predicted octanol–water partition coefficient (Wildman–Crippen LogP) is 1.57. The molecule has 88 valence electrons. The molecular weight excluding hydrogens is 190 g/mol. The molecule has 0 saturated carbocycles. The molecule has 1 N–H and O–H groups in total. The van der Waals surface area contributed by atoms with Crippen LogP contribution in [-0.4, -0.2) is 39.0 Å². The van der Waals surface area contributed by atoms with Crippen molar-refractivity contribution in [1.29, 1.82) is 0 Å². The highest BCUT2D eigenvalue weighted by molar-refractivity contribution is 4.68. The highest BCUT2D eigenvalue weighted by Crippen LogP contribution is 2.16. The lowest BCUT2D eigenvalue weighted by atomic mass is 9.99. The normalized spacial score (nSPS) is 28.4. The number of rotatable bonds is 5. The number of hydrogen-bond acceptors (Lipinski definition) is 3. The maximum atomic E-state index is 5.73. The van der Waals surface area contributed by atoms with Gasteiger partial charge in [-0.1, -0.05) is 0 Å². The van der Waals surface area contributed by atoms with Gasteiger partial charge >= 0.3 is 0 Å². The predicted molar refractivity (Wildman–Crippen MR) is 60.0 cm³/mol. The zero-order valence-electron chi connectivity index (χ0n) is 9.54. The van der Waals surface area contributed by atoms with E-state index in [-0.39, 0.29) is 0 Å². The van der Waals surface area contributed by atoms with Crippen LogP contribution in [-0.2, 0) is 9.47 Å². The Hall–Kier alpha value is -0.120. The van der Waals surface area contributed by atoms with Crippen molar-refractivity contribution < 1.29 is 9.47 Å². The third kappa shape index (κ3) is 4.09. The quantitative estimate of drug-likeness (QED) is 0.703. The Kier molecular flexibility index (Phi) is 4.90. The van der Waals surface area contributed by atoms with E-state index in [1.54, 1.807) is 0 Å². The van der Waals surface area contributed by atoms with Crippen molar-refractivity contribution in [3.63, 3.8) is 0 Å². The van der Waals surface area contributed by atoms with E-state index in [9.17, 15) is 0 Å². The summed E-state index contributed by atoms with van der Waals surface area (Å²) in [6.07, 6.45) is 6.60. The number of hydrogen-bond donors (Lipinski definition) is 1. The van der Waals surface area contributed by atoms with Gasteiger partial charge < -0.3 is 14.8 Å². The highest BCUT2D eigenvalue weighted by atomic mass is 16.5. The molecule has 0 radical (unpaired) electrons. The SMILES string of the molecule is C1COC(CCOCC2CCNCC2)C1. The summed E-state index contributed by atoms with van der Waals surface area (Å²) in [6, 6.07) is 0. The first-order valence-electron chi connectivity index (χ1n) is 6.35. The lowest BCUT2D eigenvalue weighted by Crippen LogP contribution is -2.30. The maximum Gasteiger partial charge on any atom is 0.0597 e. The van der Waals surface area contributed by atoms with Gasteiger partial charge in [0.05, 0.1) is 6.10 Å². The van der Waals surface area contributed by atoms with E-state index in [0.717, 1.165) is 32.2 Å². The Morgan fingerprint density at radius 1 is 1.20 bits per heavy atom. The lowest BCUT2D eigenvalue weighted by Gasteiger charge is -2.22. The van der Waals surface area contributed by atoms with Gasteiger partial charge in [-0.3, -0.25) is 0 Å². The van der Waals surface area contributed by atoms with E-state index in [1.165, 1.54) is 38.8 Å². The molecule has 2 heterocycles. The Labute approximate surface area is 92.5 Å². The minimum Gasteiger partial charge on any atom is -0.381 e. The van der Waals surface area contributed by atoms with Crippen LogP contribution in [0.3, 0.4) is 0 Å². The summed E-state index contributed by atoms with van der Waals surface area (Å²) < 4.78 is 11.3. The summed E-state index contributed by atoms with van der Waals surface area (Å²) in [5.74, 6) is 0.788. The highest BCUT2D eigenvalue weighted by Gasteiger charge is 2.16. The molecule has 2 rings (SSSR count). The van der Waals surface area contributed by atoms with Crippen LogP contribution in [0.15, 0.2) is 0 Å². The van der Waals surface area contributed by atoms with Crippen molar-refractivity contribution >= 4 is 0 Å². The van der Waals surface area contributed by atoms with Crippen LogP contribution in [0.4, 0.5) is 0 Å². The molecule has 1 unspecified atom stereocenters. The summed E-state index contributed by atoms with van der Waals surface area (Å²) in [7, 11) is 0. The van der Waals surface area contributed by atoms with E-state index >= 15 is 0 Å². The Morgan fingerprint density at radius 2 is 2.07 bits per heavy atom. The average molecular weight is 213 g/mol. The summed E-state index contributed by atoms with van der Waals surface area (Å²) in [5, 5.41) is 3.37.